The number of amides is 3. The zero-order valence-electron chi connectivity index (χ0n) is 20.8. The highest BCUT2D eigenvalue weighted by Gasteiger charge is 2.36. The Bertz CT molecular complexity index is 930. The van der Waals surface area contributed by atoms with E-state index in [1.165, 1.54) is 11.8 Å². The highest BCUT2D eigenvalue weighted by atomic mass is 16.5. The predicted octanol–water partition coefficient (Wildman–Crippen LogP) is 3.53. The number of nitrogens with zero attached hydrogens (tertiary/aromatic N) is 2. The van der Waals surface area contributed by atoms with E-state index < -0.39 is 12.1 Å². The highest BCUT2D eigenvalue weighted by molar-refractivity contribution is 6.21. The number of unbranched alkanes of at least 4 members (excludes halogenated alkanes) is 2. The van der Waals surface area contributed by atoms with Crippen LogP contribution in [0.5, 0.6) is 0 Å². The molecule has 2 unspecified atom stereocenters. The number of Topliss-reactive ketones (excluding diaryl/α,β-unsaturated/α-hetero) is 1. The van der Waals surface area contributed by atoms with Crippen molar-refractivity contribution in [3.63, 3.8) is 0 Å². The summed E-state index contributed by atoms with van der Waals surface area (Å²) < 4.78 is 13.2. The van der Waals surface area contributed by atoms with E-state index in [4.69, 9.17) is 6.11 Å². The molecule has 0 bridgehead atoms. The van der Waals surface area contributed by atoms with Crippen LogP contribution in [-0.4, -0.2) is 64.5 Å². The first kappa shape index (κ1) is 24.1. The average molecular weight is 472 g/mol. The summed E-state index contributed by atoms with van der Waals surface area (Å²) in [7, 11) is 0. The van der Waals surface area contributed by atoms with Gasteiger partial charge in [0, 0.05) is 27.3 Å². The third-order valence-electron chi connectivity index (χ3n) is 6.45. The minimum absolute atomic E-state index is 0.0283. The van der Waals surface area contributed by atoms with Crippen LogP contribution in [0.1, 0.15) is 93.7 Å². The SMILES string of the molecule is [2H]CCC1C(OC(=O)CCC(C)=O)CCCN1C(=O)CCCCCN1C(=O)c2ccccc2C1=O. The summed E-state index contributed by atoms with van der Waals surface area (Å²) in [6.45, 7) is 2.44. The summed E-state index contributed by atoms with van der Waals surface area (Å²) in [6.07, 6.45) is 3.74. The lowest BCUT2D eigenvalue weighted by atomic mass is 9.95. The van der Waals surface area contributed by atoms with Crippen molar-refractivity contribution >= 4 is 29.5 Å². The van der Waals surface area contributed by atoms with Gasteiger partial charge in [-0.15, -0.1) is 0 Å². The minimum Gasteiger partial charge on any atom is -0.460 e. The molecule has 1 aromatic carbocycles. The summed E-state index contributed by atoms with van der Waals surface area (Å²) in [5.41, 5.74) is 0.879. The summed E-state index contributed by atoms with van der Waals surface area (Å²) in [5.74, 6) is -1.08. The number of fused-ring (bicyclic) bond motifs is 1. The molecule has 8 nitrogen and oxygen atoms in total. The Labute approximate surface area is 202 Å². The van der Waals surface area contributed by atoms with Crippen LogP contribution in [-0.2, 0) is 19.1 Å². The van der Waals surface area contributed by atoms with Crippen LogP contribution in [0.4, 0.5) is 0 Å². The second-order valence-corrected chi connectivity index (χ2v) is 8.93. The number of carbonyl (C=O) groups is 5. The Hall–Kier alpha value is -3.03. The zero-order valence-corrected chi connectivity index (χ0v) is 19.8. The number of rotatable bonds is 11. The summed E-state index contributed by atoms with van der Waals surface area (Å²) >= 11 is 0. The number of ketones is 1. The maximum absolute atomic E-state index is 13.0. The van der Waals surface area contributed by atoms with Crippen LogP contribution in [0.2, 0.25) is 0 Å². The van der Waals surface area contributed by atoms with Crippen molar-refractivity contribution in [2.75, 3.05) is 13.1 Å². The van der Waals surface area contributed by atoms with Crippen LogP contribution in [0.3, 0.4) is 0 Å². The Morgan fingerprint density at radius 3 is 2.38 bits per heavy atom. The van der Waals surface area contributed by atoms with E-state index in [1.54, 1.807) is 29.2 Å². The van der Waals surface area contributed by atoms with Gasteiger partial charge < -0.3 is 14.4 Å². The third-order valence-corrected chi connectivity index (χ3v) is 6.45. The van der Waals surface area contributed by atoms with Crippen molar-refractivity contribution in [1.29, 1.82) is 0 Å². The summed E-state index contributed by atoms with van der Waals surface area (Å²) in [5, 5.41) is 0. The molecule has 0 saturated carbocycles. The van der Waals surface area contributed by atoms with Crippen LogP contribution < -0.4 is 0 Å². The first-order valence-corrected chi connectivity index (χ1v) is 12.1. The zero-order chi connectivity index (χ0) is 25.4. The van der Waals surface area contributed by atoms with Gasteiger partial charge in [0.1, 0.15) is 11.9 Å². The third kappa shape index (κ3) is 6.10. The number of likely N-dealkylation sites (tertiary alicyclic amines) is 1. The smallest absolute Gasteiger partial charge is 0.306 e. The van der Waals surface area contributed by atoms with Gasteiger partial charge in [0.15, 0.2) is 0 Å². The Balaban J connectivity index is 1.45. The molecule has 8 heteroatoms. The Kier molecular flexibility index (Phi) is 8.44. The van der Waals surface area contributed by atoms with Crippen molar-refractivity contribution in [2.24, 2.45) is 0 Å². The fraction of sp³-hybridized carbons (Fsp3) is 0.577. The van der Waals surface area contributed by atoms with Crippen molar-refractivity contribution < 1.29 is 30.1 Å². The van der Waals surface area contributed by atoms with Crippen LogP contribution >= 0.6 is 0 Å². The minimum atomic E-state index is -0.452. The maximum Gasteiger partial charge on any atom is 0.306 e. The van der Waals surface area contributed by atoms with E-state index >= 15 is 0 Å². The number of piperidine rings is 1. The first-order chi connectivity index (χ1) is 16.8. The van der Waals surface area contributed by atoms with E-state index in [-0.39, 0.29) is 49.3 Å². The Morgan fingerprint density at radius 1 is 1.03 bits per heavy atom. The first-order valence-electron chi connectivity index (χ1n) is 12.8. The molecule has 2 atom stereocenters. The maximum atomic E-state index is 13.0. The molecule has 184 valence electrons. The molecule has 0 spiro atoms. The van der Waals surface area contributed by atoms with Crippen molar-refractivity contribution in [2.45, 2.75) is 83.8 Å². The molecule has 0 aromatic heterocycles. The topological polar surface area (TPSA) is 101 Å². The van der Waals surface area contributed by atoms with Gasteiger partial charge in [-0.2, -0.15) is 0 Å². The molecule has 34 heavy (non-hydrogen) atoms. The second kappa shape index (κ2) is 11.9. The van der Waals surface area contributed by atoms with Gasteiger partial charge in [-0.3, -0.25) is 24.1 Å². The lowest BCUT2D eigenvalue weighted by molar-refractivity contribution is -0.160. The molecular weight excluding hydrogens is 436 g/mol. The largest absolute Gasteiger partial charge is 0.460 e. The average Bonchev–Trinajstić information content (AvgIpc) is 3.08. The van der Waals surface area contributed by atoms with Crippen LogP contribution in [0.15, 0.2) is 24.3 Å². The lowest BCUT2D eigenvalue weighted by Crippen LogP contribution is -2.52. The van der Waals surface area contributed by atoms with E-state index in [9.17, 15) is 24.0 Å². The monoisotopic (exact) mass is 471 g/mol. The van der Waals surface area contributed by atoms with Gasteiger partial charge in [-0.25, -0.2) is 0 Å². The number of imide groups is 1. The Morgan fingerprint density at radius 2 is 1.74 bits per heavy atom. The summed E-state index contributed by atoms with van der Waals surface area (Å²) in [4.78, 5) is 64.1. The molecule has 0 radical (unpaired) electrons. The molecule has 3 rings (SSSR count). The van der Waals surface area contributed by atoms with E-state index in [2.05, 4.69) is 0 Å². The van der Waals surface area contributed by atoms with Gasteiger partial charge in [-0.1, -0.05) is 25.5 Å². The predicted molar refractivity (Wildman–Crippen MR) is 125 cm³/mol. The van der Waals surface area contributed by atoms with Gasteiger partial charge >= 0.3 is 5.97 Å². The van der Waals surface area contributed by atoms with Crippen LogP contribution in [0, 0.1) is 0 Å². The normalized spacial score (nSPS) is 20.2. The molecular formula is C26H34N2O6. The van der Waals surface area contributed by atoms with Crippen LogP contribution in [0.25, 0.3) is 0 Å². The van der Waals surface area contributed by atoms with Gasteiger partial charge in [-0.05, 0) is 51.2 Å². The number of benzene rings is 1. The number of hydrogen-bond acceptors (Lipinski definition) is 6. The van der Waals surface area contributed by atoms with Crippen molar-refractivity contribution in [1.82, 2.24) is 9.80 Å². The number of esters is 1. The van der Waals surface area contributed by atoms with E-state index in [0.717, 1.165) is 0 Å². The van der Waals surface area contributed by atoms with Gasteiger partial charge in [0.25, 0.3) is 11.8 Å². The van der Waals surface area contributed by atoms with Crippen molar-refractivity contribution in [3.05, 3.63) is 35.4 Å². The molecule has 3 amide bonds. The van der Waals surface area contributed by atoms with E-state index in [1.807, 2.05) is 0 Å². The lowest BCUT2D eigenvalue weighted by Gasteiger charge is -2.40. The second-order valence-electron chi connectivity index (χ2n) is 8.93. The van der Waals surface area contributed by atoms with E-state index in [0.29, 0.717) is 69.2 Å². The summed E-state index contributed by atoms with van der Waals surface area (Å²) in [6, 6.07) is 6.48. The molecule has 2 aliphatic heterocycles. The molecule has 1 saturated heterocycles. The molecule has 1 fully saturated rings. The highest BCUT2D eigenvalue weighted by Crippen LogP contribution is 2.26. The quantitative estimate of drug-likeness (QED) is 0.278. The standard InChI is InChI=1S/C26H34N2O6/c1-3-21-22(34-24(31)15-14-18(2)29)12-9-17-27(21)23(30)13-5-4-8-16-28-25(32)19-10-6-7-11-20(19)26(28)33/h6-7,10-11,21-22H,3-5,8-9,12-17H2,1-2H3/i1D. The molecule has 1 aromatic rings. The number of hydrogen-bond donors (Lipinski definition) is 0. The van der Waals surface area contributed by atoms with Crippen molar-refractivity contribution in [3.8, 4) is 0 Å². The molecule has 2 heterocycles. The fourth-order valence-corrected chi connectivity index (χ4v) is 4.63. The van der Waals surface area contributed by atoms with Gasteiger partial charge in [0.05, 0.1) is 23.6 Å². The molecule has 0 N–H and O–H groups in total. The molecule has 2 aliphatic rings. The molecule has 0 aliphatic carbocycles. The fourth-order valence-electron chi connectivity index (χ4n) is 4.63. The number of carbonyl (C=O) groups excluding carboxylic acids is 5. The number of ether oxygens (including phenoxy) is 1. The van der Waals surface area contributed by atoms with Gasteiger partial charge in [0.2, 0.25) is 5.91 Å².